The zero-order chi connectivity index (χ0) is 15.8. The third-order valence-electron chi connectivity index (χ3n) is 3.58. The van der Waals surface area contributed by atoms with Crippen molar-refractivity contribution in [3.63, 3.8) is 0 Å². The second kappa shape index (κ2) is 5.30. The van der Waals surface area contributed by atoms with Crippen LogP contribution in [0.1, 0.15) is 5.69 Å². The molecule has 2 aromatic heterocycles. The van der Waals surface area contributed by atoms with E-state index in [4.69, 9.17) is 5.26 Å². The van der Waals surface area contributed by atoms with Crippen LogP contribution in [0.2, 0.25) is 0 Å². The molecule has 4 nitrogen and oxygen atoms in total. The van der Waals surface area contributed by atoms with Crippen LogP contribution in [-0.2, 0) is 0 Å². The first-order chi connectivity index (χ1) is 11.2. The number of aromatic amines is 1. The van der Waals surface area contributed by atoms with Crippen molar-refractivity contribution in [3.05, 3.63) is 60.0 Å². The number of thiophene rings is 1. The molecule has 0 fully saturated rings. The lowest BCUT2D eigenvalue weighted by molar-refractivity contribution is 0.630. The average molecular weight is 320 g/mol. The molecule has 2 heterocycles. The number of nitrogens with zero attached hydrogens (tertiary/aromatic N) is 3. The second-order valence-electron chi connectivity index (χ2n) is 5.02. The van der Waals surface area contributed by atoms with Gasteiger partial charge in [0, 0.05) is 15.1 Å². The van der Waals surface area contributed by atoms with Crippen LogP contribution >= 0.6 is 11.3 Å². The van der Waals surface area contributed by atoms with Crippen molar-refractivity contribution in [1.82, 2.24) is 15.4 Å². The summed E-state index contributed by atoms with van der Waals surface area (Å²) in [7, 11) is 0. The number of benzene rings is 2. The van der Waals surface area contributed by atoms with E-state index in [1.807, 2.05) is 36.4 Å². The maximum Gasteiger partial charge on any atom is 0.163 e. The molecule has 23 heavy (non-hydrogen) atoms. The Hall–Kier alpha value is -3.04. The Balaban J connectivity index is 1.73. The minimum Gasteiger partial charge on any atom is -0.247 e. The van der Waals surface area contributed by atoms with E-state index in [-0.39, 0.29) is 5.82 Å². The lowest BCUT2D eigenvalue weighted by Crippen LogP contribution is -1.82. The van der Waals surface area contributed by atoms with E-state index in [9.17, 15) is 4.39 Å². The summed E-state index contributed by atoms with van der Waals surface area (Å²) in [5, 5.41) is 20.1. The molecular formula is C17H9FN4S. The third-order valence-corrected chi connectivity index (χ3v) is 4.75. The predicted molar refractivity (Wildman–Crippen MR) is 87.3 cm³/mol. The molecule has 0 saturated heterocycles. The van der Waals surface area contributed by atoms with Crippen molar-refractivity contribution in [2.45, 2.75) is 0 Å². The van der Waals surface area contributed by atoms with E-state index in [0.717, 1.165) is 26.1 Å². The van der Waals surface area contributed by atoms with Gasteiger partial charge in [-0.05, 0) is 35.2 Å². The zero-order valence-corrected chi connectivity index (χ0v) is 12.6. The van der Waals surface area contributed by atoms with Gasteiger partial charge in [-0.25, -0.2) is 9.49 Å². The van der Waals surface area contributed by atoms with E-state index in [1.165, 1.54) is 12.1 Å². The fourth-order valence-corrected chi connectivity index (χ4v) is 3.51. The molecule has 0 amide bonds. The van der Waals surface area contributed by atoms with Gasteiger partial charge in [0.25, 0.3) is 0 Å². The van der Waals surface area contributed by atoms with Crippen LogP contribution in [0.15, 0.2) is 48.5 Å². The van der Waals surface area contributed by atoms with Gasteiger partial charge in [-0.3, -0.25) is 0 Å². The Morgan fingerprint density at radius 2 is 1.83 bits per heavy atom. The number of H-pyrrole nitrogens is 1. The Morgan fingerprint density at radius 1 is 1.04 bits per heavy atom. The molecule has 0 atom stereocenters. The normalized spacial score (nSPS) is 10.8. The summed E-state index contributed by atoms with van der Waals surface area (Å²) in [6, 6.07) is 16.5. The highest BCUT2D eigenvalue weighted by atomic mass is 32.1. The number of nitriles is 1. The largest absolute Gasteiger partial charge is 0.247 e. The van der Waals surface area contributed by atoms with Crippen molar-refractivity contribution in [3.8, 4) is 27.8 Å². The minimum atomic E-state index is -0.229. The molecule has 4 aromatic rings. The monoisotopic (exact) mass is 320 g/mol. The number of nitrogens with one attached hydrogen (secondary N) is 1. The van der Waals surface area contributed by atoms with Crippen LogP contribution in [0.5, 0.6) is 0 Å². The molecule has 1 N–H and O–H groups in total. The number of rotatable bonds is 2. The van der Waals surface area contributed by atoms with Crippen LogP contribution in [0.3, 0.4) is 0 Å². The zero-order valence-electron chi connectivity index (χ0n) is 11.7. The van der Waals surface area contributed by atoms with E-state index in [0.29, 0.717) is 11.4 Å². The maximum absolute atomic E-state index is 13.3. The van der Waals surface area contributed by atoms with Gasteiger partial charge in [-0.1, -0.05) is 29.5 Å². The van der Waals surface area contributed by atoms with Crippen LogP contribution < -0.4 is 0 Å². The molecule has 2 aromatic carbocycles. The average Bonchev–Trinajstić information content (AvgIpc) is 3.21. The number of fused-ring (bicyclic) bond motifs is 1. The number of aromatic nitrogens is 3. The van der Waals surface area contributed by atoms with Crippen molar-refractivity contribution in [2.24, 2.45) is 0 Å². The fraction of sp³-hybridized carbons (Fsp3) is 0. The van der Waals surface area contributed by atoms with Gasteiger partial charge in [-0.2, -0.15) is 5.26 Å². The van der Waals surface area contributed by atoms with Gasteiger partial charge in [0.15, 0.2) is 5.69 Å². The van der Waals surface area contributed by atoms with E-state index < -0.39 is 0 Å². The molecule has 110 valence electrons. The lowest BCUT2D eigenvalue weighted by atomic mass is 10.1. The van der Waals surface area contributed by atoms with Crippen molar-refractivity contribution in [1.29, 1.82) is 5.26 Å². The van der Waals surface area contributed by atoms with Crippen LogP contribution in [0, 0.1) is 17.1 Å². The molecule has 4 rings (SSSR count). The first-order valence-corrected chi connectivity index (χ1v) is 7.67. The van der Waals surface area contributed by atoms with Crippen molar-refractivity contribution < 1.29 is 4.39 Å². The standard InChI is InChI=1S/C17H9FN4S/c18-13-5-6-15-12(7-13)8-16(23-15)10-1-3-11(4-2-10)17-14(9-19)20-22-21-17/h1-8H,(H,20,21,22). The Labute approximate surface area is 134 Å². The summed E-state index contributed by atoms with van der Waals surface area (Å²) < 4.78 is 14.3. The molecule has 0 aliphatic carbocycles. The first-order valence-electron chi connectivity index (χ1n) is 6.85. The summed E-state index contributed by atoms with van der Waals surface area (Å²) in [6.45, 7) is 0. The summed E-state index contributed by atoms with van der Waals surface area (Å²) >= 11 is 1.62. The summed E-state index contributed by atoms with van der Waals surface area (Å²) in [4.78, 5) is 1.07. The topological polar surface area (TPSA) is 65.4 Å². The van der Waals surface area contributed by atoms with E-state index >= 15 is 0 Å². The summed E-state index contributed by atoms with van der Waals surface area (Å²) in [6.07, 6.45) is 0. The number of hydrogen-bond donors (Lipinski definition) is 1. The van der Waals surface area contributed by atoms with Crippen molar-refractivity contribution >= 4 is 21.4 Å². The minimum absolute atomic E-state index is 0.229. The molecule has 0 aliphatic heterocycles. The molecule has 0 saturated carbocycles. The van der Waals surface area contributed by atoms with Crippen LogP contribution in [-0.4, -0.2) is 15.4 Å². The molecular weight excluding hydrogens is 311 g/mol. The SMILES string of the molecule is N#Cc1[nH]nnc1-c1ccc(-c2cc3cc(F)ccc3s2)cc1. The van der Waals surface area contributed by atoms with Gasteiger partial charge >= 0.3 is 0 Å². The highest BCUT2D eigenvalue weighted by Gasteiger charge is 2.10. The van der Waals surface area contributed by atoms with Crippen molar-refractivity contribution in [2.75, 3.05) is 0 Å². The molecule has 0 bridgehead atoms. The Morgan fingerprint density at radius 3 is 2.61 bits per heavy atom. The van der Waals surface area contributed by atoms with E-state index in [2.05, 4.69) is 15.4 Å². The first kappa shape index (κ1) is 13.6. The lowest BCUT2D eigenvalue weighted by Gasteiger charge is -2.00. The molecule has 6 heteroatoms. The number of halogens is 1. The summed E-state index contributed by atoms with van der Waals surface area (Å²) in [5.41, 5.74) is 2.75. The van der Waals surface area contributed by atoms with Crippen LogP contribution in [0.4, 0.5) is 4.39 Å². The summed E-state index contributed by atoms with van der Waals surface area (Å²) in [5.74, 6) is -0.229. The molecule has 0 unspecified atom stereocenters. The smallest absolute Gasteiger partial charge is 0.163 e. The van der Waals surface area contributed by atoms with Gasteiger partial charge < -0.3 is 0 Å². The third kappa shape index (κ3) is 2.37. The predicted octanol–water partition coefficient (Wildman–Crippen LogP) is 4.36. The molecule has 0 spiro atoms. The molecule has 0 aliphatic rings. The van der Waals surface area contributed by atoms with Gasteiger partial charge in [-0.15, -0.1) is 16.4 Å². The second-order valence-corrected chi connectivity index (χ2v) is 6.10. The Kier molecular flexibility index (Phi) is 3.14. The van der Waals surface area contributed by atoms with Crippen LogP contribution in [0.25, 0.3) is 31.8 Å². The molecule has 0 radical (unpaired) electrons. The van der Waals surface area contributed by atoms with E-state index in [1.54, 1.807) is 17.4 Å². The maximum atomic E-state index is 13.3. The van der Waals surface area contributed by atoms with Gasteiger partial charge in [0.05, 0.1) is 0 Å². The van der Waals surface area contributed by atoms with Gasteiger partial charge in [0.2, 0.25) is 0 Å². The Bertz CT molecular complexity index is 1040. The van der Waals surface area contributed by atoms with Gasteiger partial charge in [0.1, 0.15) is 17.6 Å². The highest BCUT2D eigenvalue weighted by molar-refractivity contribution is 7.22. The quantitative estimate of drug-likeness (QED) is 0.596. The number of hydrogen-bond acceptors (Lipinski definition) is 4. The highest BCUT2D eigenvalue weighted by Crippen LogP contribution is 2.34. The fourth-order valence-electron chi connectivity index (χ4n) is 2.46.